The molecule has 0 radical (unpaired) electrons. The van der Waals surface area contributed by atoms with Gasteiger partial charge in [-0.2, -0.15) is 5.26 Å². The molecule has 0 aliphatic carbocycles. The van der Waals surface area contributed by atoms with Crippen LogP contribution in [-0.2, 0) is 0 Å². The van der Waals surface area contributed by atoms with Gasteiger partial charge in [0, 0.05) is 18.8 Å². The molecule has 1 rings (SSSR count). The molecule has 0 aromatic heterocycles. The predicted molar refractivity (Wildman–Crippen MR) is 59.6 cm³/mol. The van der Waals surface area contributed by atoms with E-state index in [-0.39, 0.29) is 12.1 Å². The number of anilines is 1. The van der Waals surface area contributed by atoms with Crippen LogP contribution in [-0.4, -0.2) is 30.3 Å². The summed E-state index contributed by atoms with van der Waals surface area (Å²) < 4.78 is 0. The normalized spacial score (nSPS) is 8.80. The quantitative estimate of drug-likeness (QED) is 0.768. The molecule has 82 valence electrons. The molecule has 0 saturated carbocycles. The van der Waals surface area contributed by atoms with E-state index in [0.29, 0.717) is 19.5 Å². The fraction of sp³-hybridized carbons (Fsp3) is 0.364. The van der Waals surface area contributed by atoms with Crippen LogP contribution in [0.25, 0.3) is 0 Å². The van der Waals surface area contributed by atoms with Crippen LogP contribution < -0.4 is 4.90 Å². The number of aliphatic hydroxyl groups excluding tert-OH is 1. The van der Waals surface area contributed by atoms with Gasteiger partial charge in [0.25, 0.3) is 0 Å². The molecule has 0 bridgehead atoms. The Morgan fingerprint density at radius 2 is 1.87 bits per heavy atom. The lowest BCUT2D eigenvalue weighted by atomic mass is 10.2. The van der Waals surface area contributed by atoms with E-state index in [1.165, 1.54) is 0 Å². The number of nitriles is 1. The van der Waals surface area contributed by atoms with Crippen LogP contribution in [0, 0.1) is 11.3 Å². The Morgan fingerprint density at radius 1 is 1.20 bits per heavy atom. The second-order valence-electron chi connectivity index (χ2n) is 2.95. The average Bonchev–Trinajstić information content (AvgIpc) is 2.25. The number of hydrogen-bond acceptors (Lipinski definition) is 3. The molecule has 1 aromatic rings. The second-order valence-corrected chi connectivity index (χ2v) is 2.95. The highest BCUT2D eigenvalue weighted by molar-refractivity contribution is 5.45. The van der Waals surface area contributed by atoms with E-state index in [1.54, 1.807) is 0 Å². The second kappa shape index (κ2) is 7.80. The van der Waals surface area contributed by atoms with Crippen molar-refractivity contribution in [3.8, 4) is 6.07 Å². The molecule has 0 fully saturated rings. The molecule has 0 saturated heterocycles. The number of nitrogens with zero attached hydrogens (tertiary/aromatic N) is 2. The van der Waals surface area contributed by atoms with Crippen LogP contribution in [0.5, 0.6) is 0 Å². The van der Waals surface area contributed by atoms with E-state index in [1.807, 2.05) is 35.2 Å². The summed E-state index contributed by atoms with van der Waals surface area (Å²) in [5, 5.41) is 17.4. The molecule has 1 aromatic carbocycles. The van der Waals surface area contributed by atoms with E-state index < -0.39 is 0 Å². The Morgan fingerprint density at radius 3 is 2.40 bits per heavy atom. The van der Waals surface area contributed by atoms with Crippen LogP contribution in [0.2, 0.25) is 0 Å². The Kier molecular flexibility index (Phi) is 6.98. The van der Waals surface area contributed by atoms with Crippen molar-refractivity contribution < 1.29 is 10.6 Å². The zero-order valence-electron chi connectivity index (χ0n) is 8.56. The highest BCUT2D eigenvalue weighted by Gasteiger charge is 2.03. The lowest BCUT2D eigenvalue weighted by Crippen LogP contribution is -2.27. The molecule has 4 heteroatoms. The Hall–Kier alpha value is -1.57. The zero-order chi connectivity index (χ0) is 10.2. The first-order valence-corrected chi connectivity index (χ1v) is 4.66. The Labute approximate surface area is 89.7 Å². The number of hydrogen-bond donors (Lipinski definition) is 1. The molecule has 15 heavy (non-hydrogen) atoms. The van der Waals surface area contributed by atoms with Crippen LogP contribution in [0.15, 0.2) is 30.3 Å². The van der Waals surface area contributed by atoms with E-state index >= 15 is 0 Å². The van der Waals surface area contributed by atoms with E-state index in [4.69, 9.17) is 10.4 Å². The highest BCUT2D eigenvalue weighted by Crippen LogP contribution is 2.12. The van der Waals surface area contributed by atoms with Gasteiger partial charge in [0.1, 0.15) is 0 Å². The molecule has 0 amide bonds. The first kappa shape index (κ1) is 13.4. The third-order valence-corrected chi connectivity index (χ3v) is 1.98. The minimum Gasteiger partial charge on any atom is -0.412 e. The maximum Gasteiger partial charge on any atom is 0.0640 e. The average molecular weight is 208 g/mol. The fourth-order valence-corrected chi connectivity index (χ4v) is 1.31. The van der Waals surface area contributed by atoms with Gasteiger partial charge in [-0.15, -0.1) is 0 Å². The van der Waals surface area contributed by atoms with E-state index in [9.17, 15) is 0 Å². The van der Waals surface area contributed by atoms with Crippen molar-refractivity contribution in [3.63, 3.8) is 0 Å². The van der Waals surface area contributed by atoms with E-state index in [2.05, 4.69) is 6.07 Å². The predicted octanol–water partition coefficient (Wildman–Crippen LogP) is 0.574. The number of rotatable bonds is 5. The Balaban J connectivity index is 0.00000196. The van der Waals surface area contributed by atoms with Gasteiger partial charge in [-0.05, 0) is 12.1 Å². The summed E-state index contributed by atoms with van der Waals surface area (Å²) in [6, 6.07) is 11.9. The van der Waals surface area contributed by atoms with Crippen molar-refractivity contribution in [1.82, 2.24) is 0 Å². The van der Waals surface area contributed by atoms with Gasteiger partial charge in [-0.1, -0.05) is 18.2 Å². The molecular weight excluding hydrogens is 192 g/mol. The van der Waals surface area contributed by atoms with Gasteiger partial charge in [0.2, 0.25) is 0 Å². The van der Waals surface area contributed by atoms with E-state index in [0.717, 1.165) is 5.69 Å². The monoisotopic (exact) mass is 208 g/mol. The summed E-state index contributed by atoms with van der Waals surface area (Å²) in [4.78, 5) is 2.00. The molecule has 0 aliphatic heterocycles. The highest BCUT2D eigenvalue weighted by atomic mass is 16.3. The standard InChI is InChI=1S/C11H14N2O.H2O/c12-7-4-8-13(9-10-14)11-5-2-1-3-6-11;/h1-3,5-6,14H,4,8-10H2;1H2. The molecule has 0 unspecified atom stereocenters. The molecule has 0 atom stereocenters. The van der Waals surface area contributed by atoms with Crippen molar-refractivity contribution in [2.24, 2.45) is 0 Å². The topological polar surface area (TPSA) is 78.8 Å². The summed E-state index contributed by atoms with van der Waals surface area (Å²) in [5.41, 5.74) is 1.05. The van der Waals surface area contributed by atoms with Crippen molar-refractivity contribution in [2.75, 3.05) is 24.6 Å². The number of aliphatic hydroxyl groups is 1. The largest absolute Gasteiger partial charge is 0.412 e. The molecule has 3 N–H and O–H groups in total. The van der Waals surface area contributed by atoms with Crippen molar-refractivity contribution in [1.29, 1.82) is 5.26 Å². The molecule has 0 aliphatic rings. The molecule has 0 spiro atoms. The van der Waals surface area contributed by atoms with Gasteiger partial charge in [-0.3, -0.25) is 0 Å². The van der Waals surface area contributed by atoms with Gasteiger partial charge in [0.05, 0.1) is 19.1 Å². The van der Waals surface area contributed by atoms with Crippen LogP contribution in [0.4, 0.5) is 5.69 Å². The van der Waals surface area contributed by atoms with Crippen molar-refractivity contribution in [2.45, 2.75) is 6.42 Å². The van der Waals surface area contributed by atoms with Gasteiger partial charge < -0.3 is 15.5 Å². The first-order chi connectivity index (χ1) is 6.88. The third-order valence-electron chi connectivity index (χ3n) is 1.98. The summed E-state index contributed by atoms with van der Waals surface area (Å²) in [7, 11) is 0. The van der Waals surface area contributed by atoms with Crippen LogP contribution in [0.3, 0.4) is 0 Å². The molecule has 0 heterocycles. The summed E-state index contributed by atoms with van der Waals surface area (Å²) in [6.07, 6.45) is 0.481. The van der Waals surface area contributed by atoms with Crippen LogP contribution >= 0.6 is 0 Å². The fourth-order valence-electron chi connectivity index (χ4n) is 1.31. The van der Waals surface area contributed by atoms with Gasteiger partial charge in [-0.25, -0.2) is 0 Å². The van der Waals surface area contributed by atoms with Crippen molar-refractivity contribution >= 4 is 5.69 Å². The van der Waals surface area contributed by atoms with Crippen molar-refractivity contribution in [3.05, 3.63) is 30.3 Å². The Bertz CT molecular complexity index is 295. The lowest BCUT2D eigenvalue weighted by molar-refractivity contribution is 0.302. The smallest absolute Gasteiger partial charge is 0.0640 e. The molecule has 4 nitrogen and oxygen atoms in total. The van der Waals surface area contributed by atoms with Gasteiger partial charge in [0.15, 0.2) is 0 Å². The SMILES string of the molecule is N#CCCN(CCO)c1ccccc1.O. The minimum atomic E-state index is 0. The minimum absolute atomic E-state index is 0. The molecular formula is C11H16N2O2. The van der Waals surface area contributed by atoms with Crippen LogP contribution in [0.1, 0.15) is 6.42 Å². The first-order valence-electron chi connectivity index (χ1n) is 4.66. The third kappa shape index (κ3) is 4.45. The summed E-state index contributed by atoms with van der Waals surface area (Å²) in [6.45, 7) is 1.35. The number of benzene rings is 1. The number of para-hydroxylation sites is 1. The zero-order valence-corrected chi connectivity index (χ0v) is 8.56. The summed E-state index contributed by atoms with van der Waals surface area (Å²) in [5.74, 6) is 0. The maximum absolute atomic E-state index is 8.87. The maximum atomic E-state index is 8.87. The lowest BCUT2D eigenvalue weighted by Gasteiger charge is -2.22. The summed E-state index contributed by atoms with van der Waals surface area (Å²) >= 11 is 0. The van der Waals surface area contributed by atoms with Gasteiger partial charge >= 0.3 is 0 Å².